The molecule has 118 valence electrons. The number of benzene rings is 1. The third kappa shape index (κ3) is 5.44. The van der Waals surface area contributed by atoms with Crippen molar-refractivity contribution in [2.75, 3.05) is 0 Å². The molecule has 0 aliphatic carbocycles. The molecule has 0 saturated heterocycles. The Kier molecular flexibility index (Phi) is 5.92. The molecule has 0 radical (unpaired) electrons. The molecule has 0 bridgehead atoms. The highest BCUT2D eigenvalue weighted by atomic mass is 19.4. The van der Waals surface area contributed by atoms with Crippen LogP contribution >= 0.6 is 0 Å². The topological polar surface area (TPSA) is 90.2 Å². The van der Waals surface area contributed by atoms with Crippen molar-refractivity contribution in [3.05, 3.63) is 35.4 Å². The molecule has 0 unspecified atom stereocenters. The maximum atomic E-state index is 12.6. The van der Waals surface area contributed by atoms with Crippen LogP contribution in [0.3, 0.4) is 0 Å². The minimum atomic E-state index is -4.51. The van der Waals surface area contributed by atoms with Crippen LogP contribution < -0.4 is 5.32 Å². The predicted octanol–water partition coefficient (Wildman–Crippen LogP) is 2.12. The molecule has 22 heavy (non-hydrogen) atoms. The van der Waals surface area contributed by atoms with Gasteiger partial charge in [-0.1, -0.05) is 18.2 Å². The summed E-state index contributed by atoms with van der Waals surface area (Å²) < 4.78 is 37.7. The Morgan fingerprint density at radius 2 is 2.05 bits per heavy atom. The van der Waals surface area contributed by atoms with Crippen molar-refractivity contribution in [2.45, 2.75) is 31.5 Å². The molecule has 8 heteroatoms. The fourth-order valence-electron chi connectivity index (χ4n) is 1.75. The average Bonchev–Trinajstić information content (AvgIpc) is 2.42. The van der Waals surface area contributed by atoms with E-state index in [0.29, 0.717) is 0 Å². The standard InChI is InChI=1S/C14H13F3N2O3/c15-14(16,17)10-4-1-3-9(7-10)8-12(20)19-11(13(21)22)5-2-6-18/h1,3-4,7,11H,2,5,8H2,(H,19,20)(H,21,22)/t11-/m0/s1. The number of carbonyl (C=O) groups is 2. The Labute approximate surface area is 124 Å². The Morgan fingerprint density at radius 3 is 2.59 bits per heavy atom. The molecule has 0 aliphatic heterocycles. The summed E-state index contributed by atoms with van der Waals surface area (Å²) >= 11 is 0. The second-order valence-corrected chi connectivity index (χ2v) is 4.53. The summed E-state index contributed by atoms with van der Waals surface area (Å²) in [5, 5.41) is 19.5. The zero-order valence-electron chi connectivity index (χ0n) is 11.4. The van der Waals surface area contributed by atoms with Gasteiger partial charge in [0.2, 0.25) is 5.91 Å². The van der Waals surface area contributed by atoms with E-state index in [0.717, 1.165) is 12.1 Å². The molecule has 0 aromatic heterocycles. The van der Waals surface area contributed by atoms with E-state index in [4.69, 9.17) is 10.4 Å². The molecule has 1 amide bonds. The fourth-order valence-corrected chi connectivity index (χ4v) is 1.75. The second-order valence-electron chi connectivity index (χ2n) is 4.53. The Hall–Kier alpha value is -2.56. The van der Waals surface area contributed by atoms with Crippen LogP contribution in [0.4, 0.5) is 13.2 Å². The lowest BCUT2D eigenvalue weighted by Gasteiger charge is -2.13. The monoisotopic (exact) mass is 314 g/mol. The van der Waals surface area contributed by atoms with Crippen molar-refractivity contribution in [3.8, 4) is 6.07 Å². The van der Waals surface area contributed by atoms with Crippen molar-refractivity contribution in [1.82, 2.24) is 5.32 Å². The zero-order valence-corrected chi connectivity index (χ0v) is 11.4. The fraction of sp³-hybridized carbons (Fsp3) is 0.357. The normalized spacial score (nSPS) is 12.3. The first-order valence-corrected chi connectivity index (χ1v) is 6.29. The number of amides is 1. The zero-order chi connectivity index (χ0) is 16.8. The predicted molar refractivity (Wildman–Crippen MR) is 69.6 cm³/mol. The highest BCUT2D eigenvalue weighted by molar-refractivity contribution is 5.84. The minimum Gasteiger partial charge on any atom is -0.480 e. The van der Waals surface area contributed by atoms with Crippen LogP contribution in [0.1, 0.15) is 24.0 Å². The number of rotatable bonds is 6. The number of alkyl halides is 3. The van der Waals surface area contributed by atoms with Gasteiger partial charge in [0.1, 0.15) is 6.04 Å². The van der Waals surface area contributed by atoms with Crippen molar-refractivity contribution < 1.29 is 27.9 Å². The lowest BCUT2D eigenvalue weighted by atomic mass is 10.1. The van der Waals surface area contributed by atoms with Gasteiger partial charge in [0.05, 0.1) is 18.1 Å². The van der Waals surface area contributed by atoms with Crippen LogP contribution in [0.25, 0.3) is 0 Å². The van der Waals surface area contributed by atoms with E-state index < -0.39 is 29.7 Å². The number of nitriles is 1. The lowest BCUT2D eigenvalue weighted by Crippen LogP contribution is -2.41. The molecule has 1 atom stereocenters. The number of nitrogens with zero attached hydrogens (tertiary/aromatic N) is 1. The molecule has 5 nitrogen and oxygen atoms in total. The van der Waals surface area contributed by atoms with E-state index in [1.807, 2.05) is 0 Å². The summed E-state index contributed by atoms with van der Waals surface area (Å²) in [6.07, 6.45) is -5.01. The van der Waals surface area contributed by atoms with Crippen LogP contribution in [-0.2, 0) is 22.2 Å². The second kappa shape index (κ2) is 7.45. The summed E-state index contributed by atoms with van der Waals surface area (Å²) in [4.78, 5) is 22.6. The van der Waals surface area contributed by atoms with Crippen molar-refractivity contribution in [3.63, 3.8) is 0 Å². The SMILES string of the molecule is N#CCC[C@H](NC(=O)Cc1cccc(C(F)(F)F)c1)C(=O)O. The van der Waals surface area contributed by atoms with E-state index in [9.17, 15) is 22.8 Å². The number of carbonyl (C=O) groups excluding carboxylic acids is 1. The molecule has 0 heterocycles. The molecule has 1 aromatic carbocycles. The number of hydrogen-bond acceptors (Lipinski definition) is 3. The molecule has 2 N–H and O–H groups in total. The first-order valence-electron chi connectivity index (χ1n) is 6.29. The maximum absolute atomic E-state index is 12.6. The van der Waals surface area contributed by atoms with E-state index >= 15 is 0 Å². The third-order valence-electron chi connectivity index (χ3n) is 2.80. The number of halogens is 3. The van der Waals surface area contributed by atoms with Gasteiger partial charge in [0.15, 0.2) is 0 Å². The lowest BCUT2D eigenvalue weighted by molar-refractivity contribution is -0.141. The number of hydrogen-bond donors (Lipinski definition) is 2. The molecule has 1 aromatic rings. The quantitative estimate of drug-likeness (QED) is 0.841. The van der Waals surface area contributed by atoms with E-state index in [1.165, 1.54) is 12.1 Å². The first kappa shape index (κ1) is 17.5. The van der Waals surface area contributed by atoms with Gasteiger partial charge in [-0.2, -0.15) is 18.4 Å². The van der Waals surface area contributed by atoms with Crippen molar-refractivity contribution in [1.29, 1.82) is 5.26 Å². The van der Waals surface area contributed by atoms with Gasteiger partial charge < -0.3 is 10.4 Å². The molecular formula is C14H13F3N2O3. The van der Waals surface area contributed by atoms with Crippen molar-refractivity contribution >= 4 is 11.9 Å². The molecule has 1 rings (SSSR count). The first-order chi connectivity index (χ1) is 10.2. The molecule has 0 aliphatic rings. The van der Waals surface area contributed by atoms with Crippen molar-refractivity contribution in [2.24, 2.45) is 0 Å². The molecule has 0 fully saturated rings. The highest BCUT2D eigenvalue weighted by Gasteiger charge is 2.30. The van der Waals surface area contributed by atoms with Gasteiger partial charge in [-0.25, -0.2) is 4.79 Å². The summed E-state index contributed by atoms with van der Waals surface area (Å²) in [5.74, 6) is -2.02. The molecular weight excluding hydrogens is 301 g/mol. The third-order valence-corrected chi connectivity index (χ3v) is 2.80. The summed E-state index contributed by atoms with van der Waals surface area (Å²) in [6.45, 7) is 0. The number of aliphatic carboxylic acids is 1. The van der Waals surface area contributed by atoms with E-state index in [-0.39, 0.29) is 24.8 Å². The number of nitrogens with one attached hydrogen (secondary N) is 1. The van der Waals surface area contributed by atoms with Crippen LogP contribution in [0.5, 0.6) is 0 Å². The Balaban J connectivity index is 2.72. The summed E-state index contributed by atoms with van der Waals surface area (Å²) in [6, 6.07) is 4.77. The van der Waals surface area contributed by atoms with Crippen LogP contribution in [0, 0.1) is 11.3 Å². The highest BCUT2D eigenvalue weighted by Crippen LogP contribution is 2.29. The smallest absolute Gasteiger partial charge is 0.416 e. The van der Waals surface area contributed by atoms with Crippen LogP contribution in [-0.4, -0.2) is 23.0 Å². The van der Waals surface area contributed by atoms with E-state index in [1.54, 1.807) is 6.07 Å². The van der Waals surface area contributed by atoms with E-state index in [2.05, 4.69) is 5.32 Å². The van der Waals surface area contributed by atoms with Gasteiger partial charge >= 0.3 is 12.1 Å². The van der Waals surface area contributed by atoms with Gasteiger partial charge in [-0.15, -0.1) is 0 Å². The summed E-state index contributed by atoms with van der Waals surface area (Å²) in [7, 11) is 0. The van der Waals surface area contributed by atoms with Crippen LogP contribution in [0.15, 0.2) is 24.3 Å². The molecule has 0 spiro atoms. The maximum Gasteiger partial charge on any atom is 0.416 e. The number of carboxylic acids is 1. The van der Waals surface area contributed by atoms with Crippen LogP contribution in [0.2, 0.25) is 0 Å². The van der Waals surface area contributed by atoms with Gasteiger partial charge in [-0.3, -0.25) is 4.79 Å². The summed E-state index contributed by atoms with van der Waals surface area (Å²) in [5.41, 5.74) is -0.756. The van der Waals surface area contributed by atoms with Gasteiger partial charge in [0, 0.05) is 6.42 Å². The molecule has 0 saturated carbocycles. The minimum absolute atomic E-state index is 0.0548. The largest absolute Gasteiger partial charge is 0.480 e. The number of carboxylic acid groups (broad SMARTS) is 1. The average molecular weight is 314 g/mol. The van der Waals surface area contributed by atoms with Gasteiger partial charge in [0.25, 0.3) is 0 Å². The van der Waals surface area contributed by atoms with Gasteiger partial charge in [-0.05, 0) is 18.1 Å². The Bertz CT molecular complexity index is 594. The Morgan fingerprint density at radius 1 is 1.36 bits per heavy atom.